The molecule has 1 unspecified atom stereocenters. The van der Waals surface area contributed by atoms with Crippen molar-refractivity contribution < 1.29 is 9.53 Å². The van der Waals surface area contributed by atoms with E-state index in [1.165, 1.54) is 0 Å². The van der Waals surface area contributed by atoms with Crippen molar-refractivity contribution in [2.75, 3.05) is 13.2 Å². The maximum absolute atomic E-state index is 11.1. The predicted molar refractivity (Wildman–Crippen MR) is 75.3 cm³/mol. The summed E-state index contributed by atoms with van der Waals surface area (Å²) < 4.78 is 5.50. The summed E-state index contributed by atoms with van der Waals surface area (Å²) in [6, 6.07) is 5.15. The van der Waals surface area contributed by atoms with Crippen LogP contribution in [0.1, 0.15) is 35.7 Å². The Hall–Kier alpha value is -1.10. The topological polar surface area (TPSA) is 64.3 Å². The molecular weight excluding hydrogens is 264 g/mol. The van der Waals surface area contributed by atoms with Gasteiger partial charge in [0.15, 0.2) is 0 Å². The van der Waals surface area contributed by atoms with Crippen LogP contribution in [0.15, 0.2) is 18.2 Å². The molecule has 1 saturated heterocycles. The number of hydrogen-bond acceptors (Lipinski definition) is 3. The Labute approximate surface area is 118 Å². The van der Waals surface area contributed by atoms with E-state index in [-0.39, 0.29) is 5.54 Å². The van der Waals surface area contributed by atoms with Crippen molar-refractivity contribution in [1.82, 2.24) is 5.32 Å². The van der Waals surface area contributed by atoms with Crippen molar-refractivity contribution in [3.05, 3.63) is 34.3 Å². The summed E-state index contributed by atoms with van der Waals surface area (Å²) >= 11 is 6.16. The molecule has 2 rings (SSSR count). The molecule has 0 spiro atoms. The fourth-order valence-electron chi connectivity index (χ4n) is 2.23. The summed E-state index contributed by atoms with van der Waals surface area (Å²) in [7, 11) is 0. The third-order valence-electron chi connectivity index (χ3n) is 3.48. The molecular formula is C14H19ClN2O2. The number of rotatable bonds is 4. The van der Waals surface area contributed by atoms with Gasteiger partial charge in [-0.2, -0.15) is 0 Å². The normalized spacial score (nSPS) is 23.3. The van der Waals surface area contributed by atoms with Crippen LogP contribution in [0.3, 0.4) is 0 Å². The molecule has 5 heteroatoms. The average molecular weight is 283 g/mol. The fourth-order valence-corrected chi connectivity index (χ4v) is 2.47. The van der Waals surface area contributed by atoms with Crippen LogP contribution in [0.2, 0.25) is 5.02 Å². The first-order valence-corrected chi connectivity index (χ1v) is 6.79. The lowest BCUT2D eigenvalue weighted by Crippen LogP contribution is -2.48. The van der Waals surface area contributed by atoms with Gasteiger partial charge in [-0.1, -0.05) is 17.7 Å². The van der Waals surface area contributed by atoms with Crippen LogP contribution in [-0.2, 0) is 11.3 Å². The Bertz CT molecular complexity index is 471. The summed E-state index contributed by atoms with van der Waals surface area (Å²) in [6.07, 6.45) is 2.15. The highest BCUT2D eigenvalue weighted by Gasteiger charge is 2.26. The Balaban J connectivity index is 2.01. The second kappa shape index (κ2) is 5.90. The number of nitrogens with two attached hydrogens (primary N) is 1. The molecule has 0 aliphatic carbocycles. The van der Waals surface area contributed by atoms with Crippen molar-refractivity contribution in [3.8, 4) is 0 Å². The number of primary amides is 1. The fraction of sp³-hybridized carbons (Fsp3) is 0.500. The van der Waals surface area contributed by atoms with Gasteiger partial charge in [-0.25, -0.2) is 0 Å². The number of ether oxygens (including phenoxy) is 1. The monoisotopic (exact) mass is 282 g/mol. The van der Waals surface area contributed by atoms with E-state index in [0.717, 1.165) is 25.0 Å². The number of nitrogens with one attached hydrogen (secondary N) is 1. The van der Waals surface area contributed by atoms with E-state index in [9.17, 15) is 4.79 Å². The molecule has 0 saturated carbocycles. The van der Waals surface area contributed by atoms with Gasteiger partial charge in [-0.15, -0.1) is 0 Å². The third-order valence-corrected chi connectivity index (χ3v) is 3.83. The first-order chi connectivity index (χ1) is 9.00. The maximum Gasteiger partial charge on any atom is 0.248 e. The second-order valence-electron chi connectivity index (χ2n) is 5.24. The highest BCUT2D eigenvalue weighted by molar-refractivity contribution is 6.31. The third kappa shape index (κ3) is 3.69. The highest BCUT2D eigenvalue weighted by atomic mass is 35.5. The molecule has 1 heterocycles. The van der Waals surface area contributed by atoms with Crippen molar-refractivity contribution in [2.24, 2.45) is 5.73 Å². The minimum absolute atomic E-state index is 0.00998. The minimum atomic E-state index is -0.464. The Morgan fingerprint density at radius 1 is 1.58 bits per heavy atom. The molecule has 19 heavy (non-hydrogen) atoms. The molecule has 1 amide bonds. The lowest BCUT2D eigenvalue weighted by atomic mass is 9.94. The zero-order chi connectivity index (χ0) is 13.9. The molecule has 1 atom stereocenters. The molecule has 0 bridgehead atoms. The highest BCUT2D eigenvalue weighted by Crippen LogP contribution is 2.22. The second-order valence-corrected chi connectivity index (χ2v) is 5.65. The van der Waals surface area contributed by atoms with Crippen LogP contribution in [0.4, 0.5) is 0 Å². The van der Waals surface area contributed by atoms with E-state index in [0.29, 0.717) is 23.7 Å². The van der Waals surface area contributed by atoms with E-state index in [4.69, 9.17) is 22.1 Å². The molecule has 0 radical (unpaired) electrons. The number of amides is 1. The van der Waals surface area contributed by atoms with Crippen molar-refractivity contribution >= 4 is 17.5 Å². The van der Waals surface area contributed by atoms with Crippen molar-refractivity contribution in [3.63, 3.8) is 0 Å². The van der Waals surface area contributed by atoms with E-state index in [2.05, 4.69) is 12.2 Å². The standard InChI is InChI=1S/C14H19ClN2O2/c1-14(5-2-6-19-9-14)17-8-11-4-3-10(13(16)18)7-12(11)15/h3-4,7,17H,2,5-6,8-9H2,1H3,(H2,16,18). The van der Waals surface area contributed by atoms with Gasteiger partial charge in [0.05, 0.1) is 6.61 Å². The van der Waals surface area contributed by atoms with Gasteiger partial charge in [-0.05, 0) is 37.5 Å². The Morgan fingerprint density at radius 3 is 2.95 bits per heavy atom. The van der Waals surface area contributed by atoms with Crippen LogP contribution < -0.4 is 11.1 Å². The quantitative estimate of drug-likeness (QED) is 0.889. The van der Waals surface area contributed by atoms with E-state index >= 15 is 0 Å². The van der Waals surface area contributed by atoms with Gasteiger partial charge in [-0.3, -0.25) is 4.79 Å². The average Bonchev–Trinajstić information content (AvgIpc) is 2.38. The summed E-state index contributed by atoms with van der Waals surface area (Å²) in [5.41, 5.74) is 6.59. The van der Waals surface area contributed by atoms with Crippen molar-refractivity contribution in [1.29, 1.82) is 0 Å². The first-order valence-electron chi connectivity index (χ1n) is 6.41. The molecule has 1 aliphatic heterocycles. The maximum atomic E-state index is 11.1. The molecule has 1 fully saturated rings. The van der Waals surface area contributed by atoms with Gasteiger partial charge in [0, 0.05) is 29.3 Å². The zero-order valence-electron chi connectivity index (χ0n) is 11.0. The van der Waals surface area contributed by atoms with Crippen LogP contribution in [0.5, 0.6) is 0 Å². The summed E-state index contributed by atoms with van der Waals surface area (Å²) in [5, 5.41) is 4.04. The van der Waals surface area contributed by atoms with Gasteiger partial charge < -0.3 is 15.8 Å². The largest absolute Gasteiger partial charge is 0.380 e. The lowest BCUT2D eigenvalue weighted by Gasteiger charge is -2.34. The molecule has 1 aromatic rings. The Kier molecular flexibility index (Phi) is 4.45. The van der Waals surface area contributed by atoms with Crippen LogP contribution in [0, 0.1) is 0 Å². The summed E-state index contributed by atoms with van der Waals surface area (Å²) in [5.74, 6) is -0.464. The number of benzene rings is 1. The van der Waals surface area contributed by atoms with Crippen LogP contribution >= 0.6 is 11.6 Å². The van der Waals surface area contributed by atoms with Crippen molar-refractivity contribution in [2.45, 2.75) is 31.8 Å². The van der Waals surface area contributed by atoms with E-state index in [1.54, 1.807) is 12.1 Å². The molecule has 1 aliphatic rings. The molecule has 3 N–H and O–H groups in total. The van der Waals surface area contributed by atoms with E-state index in [1.807, 2.05) is 6.07 Å². The summed E-state index contributed by atoms with van der Waals surface area (Å²) in [4.78, 5) is 11.1. The zero-order valence-corrected chi connectivity index (χ0v) is 11.8. The molecule has 4 nitrogen and oxygen atoms in total. The number of carbonyl (C=O) groups excluding carboxylic acids is 1. The SMILES string of the molecule is CC1(NCc2ccc(C(N)=O)cc2Cl)CCCOC1. The molecule has 104 valence electrons. The van der Waals surface area contributed by atoms with Crippen LogP contribution in [-0.4, -0.2) is 24.7 Å². The van der Waals surface area contributed by atoms with E-state index < -0.39 is 5.91 Å². The predicted octanol–water partition coefficient (Wildman–Crippen LogP) is 2.10. The molecule has 0 aromatic heterocycles. The smallest absolute Gasteiger partial charge is 0.248 e. The minimum Gasteiger partial charge on any atom is -0.380 e. The number of halogens is 1. The Morgan fingerprint density at radius 2 is 2.37 bits per heavy atom. The van der Waals surface area contributed by atoms with Gasteiger partial charge >= 0.3 is 0 Å². The summed E-state index contributed by atoms with van der Waals surface area (Å²) in [6.45, 7) is 4.35. The number of carbonyl (C=O) groups is 1. The molecule has 1 aromatic carbocycles. The van der Waals surface area contributed by atoms with Crippen LogP contribution in [0.25, 0.3) is 0 Å². The lowest BCUT2D eigenvalue weighted by molar-refractivity contribution is 0.0278. The van der Waals surface area contributed by atoms with Gasteiger partial charge in [0.25, 0.3) is 0 Å². The first kappa shape index (κ1) is 14.3. The van der Waals surface area contributed by atoms with Gasteiger partial charge in [0.2, 0.25) is 5.91 Å². The number of hydrogen-bond donors (Lipinski definition) is 2. The van der Waals surface area contributed by atoms with Gasteiger partial charge in [0.1, 0.15) is 0 Å².